The maximum absolute atomic E-state index is 5.88. The van der Waals surface area contributed by atoms with Crippen molar-refractivity contribution in [1.29, 1.82) is 0 Å². The van der Waals surface area contributed by atoms with Crippen LogP contribution in [0.25, 0.3) is 0 Å². The molecule has 0 aliphatic rings. The van der Waals surface area contributed by atoms with Crippen molar-refractivity contribution in [2.45, 2.75) is 46.6 Å². The molecule has 0 saturated carbocycles. The van der Waals surface area contributed by atoms with Gasteiger partial charge >= 0.3 is 0 Å². The van der Waals surface area contributed by atoms with Crippen LogP contribution in [0.2, 0.25) is 0 Å². The van der Waals surface area contributed by atoms with Gasteiger partial charge in [-0.2, -0.15) is 0 Å². The predicted octanol–water partition coefficient (Wildman–Crippen LogP) is 3.40. The summed E-state index contributed by atoms with van der Waals surface area (Å²) in [6.07, 6.45) is 1.82. The summed E-state index contributed by atoms with van der Waals surface area (Å²) in [5.74, 6) is 2.27. The largest absolute Gasteiger partial charge is 0.493 e. The monoisotopic (exact) mass is 265 g/mol. The number of nitrogens with two attached hydrogens (primary N) is 1. The molecule has 0 bridgehead atoms. The van der Waals surface area contributed by atoms with Crippen molar-refractivity contribution in [2.24, 2.45) is 11.7 Å². The van der Waals surface area contributed by atoms with Crippen molar-refractivity contribution >= 4 is 0 Å². The first-order valence-corrected chi connectivity index (χ1v) is 7.17. The molecule has 3 nitrogen and oxygen atoms in total. The lowest BCUT2D eigenvalue weighted by Gasteiger charge is -2.16. The fourth-order valence-electron chi connectivity index (χ4n) is 1.75. The van der Waals surface area contributed by atoms with Crippen LogP contribution in [0.3, 0.4) is 0 Å². The molecule has 1 atom stereocenters. The highest BCUT2D eigenvalue weighted by atomic mass is 16.5. The van der Waals surface area contributed by atoms with Crippen LogP contribution in [0.5, 0.6) is 11.5 Å². The van der Waals surface area contributed by atoms with E-state index < -0.39 is 0 Å². The first-order valence-electron chi connectivity index (χ1n) is 7.17. The highest BCUT2D eigenvalue weighted by molar-refractivity contribution is 5.41. The molecule has 0 aliphatic heterocycles. The van der Waals surface area contributed by atoms with Crippen molar-refractivity contribution in [1.82, 2.24) is 0 Å². The smallest absolute Gasteiger partial charge is 0.126 e. The van der Waals surface area contributed by atoms with Gasteiger partial charge in [0.25, 0.3) is 0 Å². The molecule has 0 spiro atoms. The van der Waals surface area contributed by atoms with Crippen LogP contribution in [-0.2, 0) is 6.42 Å². The molecule has 19 heavy (non-hydrogen) atoms. The molecule has 0 aromatic heterocycles. The van der Waals surface area contributed by atoms with Crippen LogP contribution in [0, 0.1) is 5.92 Å². The molecule has 1 rings (SSSR count). The second kappa shape index (κ2) is 8.05. The second-order valence-corrected chi connectivity index (χ2v) is 5.50. The maximum Gasteiger partial charge on any atom is 0.126 e. The summed E-state index contributed by atoms with van der Waals surface area (Å²) in [4.78, 5) is 0. The lowest BCUT2D eigenvalue weighted by molar-refractivity contribution is 0.264. The van der Waals surface area contributed by atoms with E-state index in [1.165, 1.54) is 0 Å². The van der Waals surface area contributed by atoms with E-state index in [0.717, 1.165) is 36.5 Å². The molecule has 0 fully saturated rings. The molecule has 0 radical (unpaired) electrons. The van der Waals surface area contributed by atoms with Gasteiger partial charge in [-0.05, 0) is 37.3 Å². The van der Waals surface area contributed by atoms with Crippen LogP contribution in [0.15, 0.2) is 18.2 Å². The quantitative estimate of drug-likeness (QED) is 0.783. The normalized spacial score (nSPS) is 12.5. The topological polar surface area (TPSA) is 44.5 Å². The molecular formula is C16H27NO2. The predicted molar refractivity (Wildman–Crippen MR) is 79.9 cm³/mol. The molecule has 1 aromatic rings. The molecule has 3 heteroatoms. The minimum absolute atomic E-state index is 0.129. The molecule has 0 heterocycles. The summed E-state index contributed by atoms with van der Waals surface area (Å²) in [6, 6.07) is 6.17. The Labute approximate surface area is 117 Å². The van der Waals surface area contributed by atoms with Crippen LogP contribution >= 0.6 is 0 Å². The third-order valence-electron chi connectivity index (χ3n) is 2.63. The van der Waals surface area contributed by atoms with Gasteiger partial charge < -0.3 is 15.2 Å². The van der Waals surface area contributed by atoms with Gasteiger partial charge in [0.15, 0.2) is 0 Å². The minimum atomic E-state index is 0.129. The standard InChI is InChI=1S/C16H27NO2/c1-5-8-18-15-7-6-14(9-13(4)17)16(10-15)19-11-12(2)3/h6-7,10,12-13H,5,8-9,11,17H2,1-4H3. The van der Waals surface area contributed by atoms with Crippen molar-refractivity contribution in [3.05, 3.63) is 23.8 Å². The van der Waals surface area contributed by atoms with E-state index in [9.17, 15) is 0 Å². The molecular weight excluding hydrogens is 238 g/mol. The van der Waals surface area contributed by atoms with E-state index in [0.29, 0.717) is 12.5 Å². The van der Waals surface area contributed by atoms with Gasteiger partial charge in [-0.25, -0.2) is 0 Å². The average molecular weight is 265 g/mol. The number of hydrogen-bond donors (Lipinski definition) is 1. The third-order valence-corrected chi connectivity index (χ3v) is 2.63. The minimum Gasteiger partial charge on any atom is -0.493 e. The second-order valence-electron chi connectivity index (χ2n) is 5.50. The Morgan fingerprint density at radius 1 is 1.16 bits per heavy atom. The van der Waals surface area contributed by atoms with Gasteiger partial charge in [-0.1, -0.05) is 26.8 Å². The van der Waals surface area contributed by atoms with Crippen LogP contribution in [0.4, 0.5) is 0 Å². The van der Waals surface area contributed by atoms with Crippen molar-refractivity contribution in [3.63, 3.8) is 0 Å². The SMILES string of the molecule is CCCOc1ccc(CC(C)N)c(OCC(C)C)c1. The van der Waals surface area contributed by atoms with E-state index in [2.05, 4.69) is 26.8 Å². The Balaban J connectivity index is 2.83. The first-order chi connectivity index (χ1) is 9.02. The van der Waals surface area contributed by atoms with E-state index in [1.54, 1.807) is 0 Å². The van der Waals surface area contributed by atoms with Crippen LogP contribution < -0.4 is 15.2 Å². The molecule has 0 amide bonds. The number of rotatable bonds is 8. The molecule has 0 saturated heterocycles. The lowest BCUT2D eigenvalue weighted by atomic mass is 10.1. The maximum atomic E-state index is 5.88. The van der Waals surface area contributed by atoms with Gasteiger partial charge in [0.2, 0.25) is 0 Å². The highest BCUT2D eigenvalue weighted by Crippen LogP contribution is 2.26. The average Bonchev–Trinajstić information content (AvgIpc) is 2.35. The van der Waals surface area contributed by atoms with Crippen LogP contribution in [0.1, 0.15) is 39.7 Å². The Morgan fingerprint density at radius 2 is 1.89 bits per heavy atom. The highest BCUT2D eigenvalue weighted by Gasteiger charge is 2.09. The summed E-state index contributed by atoms with van der Waals surface area (Å²) < 4.78 is 11.5. The fourth-order valence-corrected chi connectivity index (χ4v) is 1.75. The molecule has 108 valence electrons. The first kappa shape index (κ1) is 15.8. The summed E-state index contributed by atoms with van der Waals surface area (Å²) in [5, 5.41) is 0. The van der Waals surface area contributed by atoms with E-state index in [-0.39, 0.29) is 6.04 Å². The number of benzene rings is 1. The molecule has 1 aromatic carbocycles. The molecule has 0 aliphatic carbocycles. The summed E-state index contributed by atoms with van der Waals surface area (Å²) in [5.41, 5.74) is 7.03. The summed E-state index contributed by atoms with van der Waals surface area (Å²) >= 11 is 0. The zero-order chi connectivity index (χ0) is 14.3. The van der Waals surface area contributed by atoms with E-state index in [1.807, 2.05) is 19.1 Å². The lowest BCUT2D eigenvalue weighted by Crippen LogP contribution is -2.18. The van der Waals surface area contributed by atoms with Crippen molar-refractivity contribution in [3.8, 4) is 11.5 Å². The van der Waals surface area contributed by atoms with E-state index in [4.69, 9.17) is 15.2 Å². The van der Waals surface area contributed by atoms with Gasteiger partial charge in [-0.3, -0.25) is 0 Å². The Bertz CT molecular complexity index is 375. The number of hydrogen-bond acceptors (Lipinski definition) is 3. The Morgan fingerprint density at radius 3 is 2.47 bits per heavy atom. The Kier molecular flexibility index (Phi) is 6.71. The van der Waals surface area contributed by atoms with Crippen molar-refractivity contribution in [2.75, 3.05) is 13.2 Å². The third kappa shape index (κ3) is 5.97. The zero-order valence-corrected chi connectivity index (χ0v) is 12.6. The van der Waals surface area contributed by atoms with Gasteiger partial charge in [-0.15, -0.1) is 0 Å². The zero-order valence-electron chi connectivity index (χ0n) is 12.6. The van der Waals surface area contributed by atoms with Crippen molar-refractivity contribution < 1.29 is 9.47 Å². The Hall–Kier alpha value is -1.22. The summed E-state index contributed by atoms with van der Waals surface area (Å²) in [6.45, 7) is 9.83. The van der Waals surface area contributed by atoms with Gasteiger partial charge in [0.05, 0.1) is 13.2 Å². The number of ether oxygens (including phenoxy) is 2. The fraction of sp³-hybridized carbons (Fsp3) is 0.625. The summed E-state index contributed by atoms with van der Waals surface area (Å²) in [7, 11) is 0. The van der Waals surface area contributed by atoms with Gasteiger partial charge in [0, 0.05) is 12.1 Å². The molecule has 2 N–H and O–H groups in total. The van der Waals surface area contributed by atoms with E-state index >= 15 is 0 Å². The molecule has 1 unspecified atom stereocenters. The van der Waals surface area contributed by atoms with Gasteiger partial charge in [0.1, 0.15) is 11.5 Å². The van der Waals surface area contributed by atoms with Crippen LogP contribution in [-0.4, -0.2) is 19.3 Å².